The Morgan fingerprint density at radius 2 is 1.82 bits per heavy atom. The van der Waals surface area contributed by atoms with Crippen LogP contribution in [0.5, 0.6) is 0 Å². The van der Waals surface area contributed by atoms with Gasteiger partial charge in [0.25, 0.3) is 0 Å². The molecule has 1 aromatic carbocycles. The molecule has 7 heteroatoms. The minimum absolute atomic E-state index is 0.206. The van der Waals surface area contributed by atoms with Crippen LogP contribution in [0, 0.1) is 0 Å². The minimum atomic E-state index is -0.206. The van der Waals surface area contributed by atoms with Crippen LogP contribution in [-0.4, -0.2) is 51.1 Å². The van der Waals surface area contributed by atoms with Crippen molar-refractivity contribution in [3.05, 3.63) is 77.9 Å². The fourth-order valence-corrected chi connectivity index (χ4v) is 6.00. The summed E-state index contributed by atoms with van der Waals surface area (Å²) in [5.41, 5.74) is 6.13. The first-order chi connectivity index (χ1) is 19.5. The second kappa shape index (κ2) is 11.0. The third-order valence-electron chi connectivity index (χ3n) is 8.60. The lowest BCUT2D eigenvalue weighted by Gasteiger charge is -2.33. The molecule has 0 radical (unpaired) electrons. The fraction of sp³-hybridized carbons (Fsp3) is 0.394. The molecule has 0 saturated carbocycles. The predicted molar refractivity (Wildman–Crippen MR) is 164 cm³/mol. The highest BCUT2D eigenvalue weighted by Crippen LogP contribution is 2.37. The van der Waals surface area contributed by atoms with Crippen LogP contribution >= 0.6 is 0 Å². The van der Waals surface area contributed by atoms with Gasteiger partial charge in [-0.15, -0.1) is 0 Å². The van der Waals surface area contributed by atoms with Crippen molar-refractivity contribution in [2.24, 2.45) is 0 Å². The SMILES string of the molecule is CCCCc1cncc2nc(-c3ccnc4[nH]c(C(C)(C)c5ccccc5)cc34)nc(N(C)C3CCNCC3)c12. The monoisotopic (exact) mass is 533 g/mol. The van der Waals surface area contributed by atoms with Crippen molar-refractivity contribution in [2.75, 3.05) is 25.0 Å². The number of hydrogen-bond donors (Lipinski definition) is 2. The van der Waals surface area contributed by atoms with Crippen molar-refractivity contribution in [3.63, 3.8) is 0 Å². The molecule has 0 spiro atoms. The van der Waals surface area contributed by atoms with E-state index in [0.717, 1.165) is 84.2 Å². The molecule has 0 atom stereocenters. The maximum Gasteiger partial charge on any atom is 0.163 e. The van der Waals surface area contributed by atoms with Gasteiger partial charge in [0.2, 0.25) is 0 Å². The zero-order valence-electron chi connectivity index (χ0n) is 24.0. The van der Waals surface area contributed by atoms with E-state index in [-0.39, 0.29) is 5.41 Å². The molecule has 0 bridgehead atoms. The Labute approximate surface area is 236 Å². The normalized spacial score (nSPS) is 14.7. The zero-order chi connectivity index (χ0) is 27.7. The number of unbranched alkanes of at least 4 members (excludes halogenated alkanes) is 1. The van der Waals surface area contributed by atoms with Gasteiger partial charge in [-0.3, -0.25) is 4.98 Å². The number of aromatic amines is 1. The first-order valence-corrected chi connectivity index (χ1v) is 14.6. The number of fused-ring (bicyclic) bond motifs is 2. The number of piperidine rings is 1. The van der Waals surface area contributed by atoms with E-state index in [1.165, 1.54) is 11.1 Å². The van der Waals surface area contributed by atoms with Gasteiger partial charge in [0.15, 0.2) is 5.82 Å². The molecule has 6 rings (SSSR count). The van der Waals surface area contributed by atoms with Crippen molar-refractivity contribution in [3.8, 4) is 11.4 Å². The van der Waals surface area contributed by atoms with Crippen LogP contribution in [0.25, 0.3) is 33.3 Å². The molecule has 5 heterocycles. The van der Waals surface area contributed by atoms with Crippen LogP contribution in [0.3, 0.4) is 0 Å². The Balaban J connectivity index is 1.51. The summed E-state index contributed by atoms with van der Waals surface area (Å²) in [5.74, 6) is 1.72. The molecule has 1 aliphatic heterocycles. The summed E-state index contributed by atoms with van der Waals surface area (Å²) in [5, 5.41) is 5.67. The molecule has 0 unspecified atom stereocenters. The molecule has 2 N–H and O–H groups in total. The topological polar surface area (TPSA) is 82.6 Å². The molecule has 4 aromatic heterocycles. The molecule has 1 saturated heterocycles. The summed E-state index contributed by atoms with van der Waals surface area (Å²) in [6, 6.07) is 15.3. The Hall–Kier alpha value is -3.84. The molecular formula is C33H39N7. The summed E-state index contributed by atoms with van der Waals surface area (Å²) < 4.78 is 0. The average molecular weight is 534 g/mol. The summed E-state index contributed by atoms with van der Waals surface area (Å²) >= 11 is 0. The van der Waals surface area contributed by atoms with Crippen LogP contribution < -0.4 is 10.2 Å². The van der Waals surface area contributed by atoms with E-state index in [2.05, 4.69) is 84.4 Å². The van der Waals surface area contributed by atoms with E-state index in [0.29, 0.717) is 11.9 Å². The van der Waals surface area contributed by atoms with Crippen molar-refractivity contribution < 1.29 is 0 Å². The average Bonchev–Trinajstić information content (AvgIpc) is 3.45. The highest BCUT2D eigenvalue weighted by atomic mass is 15.2. The van der Waals surface area contributed by atoms with Crippen LogP contribution in [0.2, 0.25) is 0 Å². The summed E-state index contributed by atoms with van der Waals surface area (Å²) in [7, 11) is 2.20. The van der Waals surface area contributed by atoms with Crippen molar-refractivity contribution in [1.82, 2.24) is 30.2 Å². The number of aromatic nitrogens is 5. The van der Waals surface area contributed by atoms with E-state index in [1.54, 1.807) is 0 Å². The van der Waals surface area contributed by atoms with Crippen LogP contribution in [0.15, 0.2) is 61.1 Å². The van der Waals surface area contributed by atoms with Crippen molar-refractivity contribution in [2.45, 2.75) is 64.3 Å². The van der Waals surface area contributed by atoms with E-state index in [4.69, 9.17) is 15.0 Å². The third kappa shape index (κ3) is 4.83. The minimum Gasteiger partial charge on any atom is -0.356 e. The zero-order valence-corrected chi connectivity index (χ0v) is 24.0. The summed E-state index contributed by atoms with van der Waals surface area (Å²) in [6.07, 6.45) is 11.2. The number of benzene rings is 1. The van der Waals surface area contributed by atoms with Gasteiger partial charge in [0, 0.05) is 52.9 Å². The number of hydrogen-bond acceptors (Lipinski definition) is 6. The van der Waals surface area contributed by atoms with E-state index in [1.807, 2.05) is 24.7 Å². The lowest BCUT2D eigenvalue weighted by Crippen LogP contribution is -2.41. The van der Waals surface area contributed by atoms with Gasteiger partial charge in [-0.25, -0.2) is 15.0 Å². The Bertz CT molecular complexity index is 1620. The molecule has 1 aliphatic rings. The van der Waals surface area contributed by atoms with Crippen LogP contribution in [0.1, 0.15) is 63.3 Å². The Kier molecular flexibility index (Phi) is 7.24. The second-order valence-corrected chi connectivity index (χ2v) is 11.6. The Morgan fingerprint density at radius 1 is 1.02 bits per heavy atom. The number of pyridine rings is 2. The lowest BCUT2D eigenvalue weighted by molar-refractivity contribution is 0.442. The van der Waals surface area contributed by atoms with Gasteiger partial charge in [-0.1, -0.05) is 57.5 Å². The highest BCUT2D eigenvalue weighted by molar-refractivity contribution is 5.97. The number of anilines is 1. The first-order valence-electron chi connectivity index (χ1n) is 14.6. The van der Waals surface area contributed by atoms with Gasteiger partial charge < -0.3 is 15.2 Å². The molecule has 0 amide bonds. The predicted octanol–water partition coefficient (Wildman–Crippen LogP) is 6.42. The fourth-order valence-electron chi connectivity index (χ4n) is 6.00. The quantitative estimate of drug-likeness (QED) is 0.239. The molecule has 7 nitrogen and oxygen atoms in total. The second-order valence-electron chi connectivity index (χ2n) is 11.6. The lowest BCUT2D eigenvalue weighted by atomic mass is 9.81. The smallest absolute Gasteiger partial charge is 0.163 e. The summed E-state index contributed by atoms with van der Waals surface area (Å²) in [4.78, 5) is 25.8. The molecular weight excluding hydrogens is 494 g/mol. The number of rotatable bonds is 8. The van der Waals surface area contributed by atoms with Gasteiger partial charge in [0.05, 0.1) is 11.7 Å². The van der Waals surface area contributed by atoms with E-state index >= 15 is 0 Å². The summed E-state index contributed by atoms with van der Waals surface area (Å²) in [6.45, 7) is 8.78. The van der Waals surface area contributed by atoms with E-state index in [9.17, 15) is 0 Å². The number of nitrogens with one attached hydrogen (secondary N) is 2. The largest absolute Gasteiger partial charge is 0.356 e. The first kappa shape index (κ1) is 26.4. The van der Waals surface area contributed by atoms with Crippen molar-refractivity contribution >= 4 is 27.8 Å². The molecule has 5 aromatic rings. The molecule has 1 fully saturated rings. The number of nitrogens with zero attached hydrogens (tertiary/aromatic N) is 5. The van der Waals surface area contributed by atoms with Gasteiger partial charge in [-0.2, -0.15) is 0 Å². The Morgan fingerprint density at radius 3 is 2.60 bits per heavy atom. The van der Waals surface area contributed by atoms with Crippen molar-refractivity contribution in [1.29, 1.82) is 0 Å². The standard InChI is InChI=1S/C33H39N7/c1-5-6-10-22-20-35-21-27-29(22)32(40(4)24-13-16-34-17-14-24)39-31(37-27)25-15-18-36-30-26(25)19-28(38-30)33(2,3)23-11-8-7-9-12-23/h7-9,11-12,15,18-21,24,34H,5-6,10,13-14,16-17H2,1-4H3,(H,36,38). The number of aryl methyl sites for hydroxylation is 1. The van der Waals surface area contributed by atoms with Crippen LogP contribution in [0.4, 0.5) is 5.82 Å². The maximum absolute atomic E-state index is 5.32. The van der Waals surface area contributed by atoms with E-state index < -0.39 is 0 Å². The highest BCUT2D eigenvalue weighted by Gasteiger charge is 2.27. The van der Waals surface area contributed by atoms with Gasteiger partial charge in [0.1, 0.15) is 11.5 Å². The third-order valence-corrected chi connectivity index (χ3v) is 8.60. The maximum atomic E-state index is 5.32. The van der Waals surface area contributed by atoms with Crippen LogP contribution in [-0.2, 0) is 11.8 Å². The molecule has 0 aliphatic carbocycles. The number of H-pyrrole nitrogens is 1. The van der Waals surface area contributed by atoms with Gasteiger partial charge >= 0.3 is 0 Å². The van der Waals surface area contributed by atoms with Gasteiger partial charge in [-0.05, 0) is 62.0 Å². The molecule has 40 heavy (non-hydrogen) atoms. The molecule has 206 valence electrons.